The first-order valence-corrected chi connectivity index (χ1v) is 6.35. The minimum atomic E-state index is -4.73. The van der Waals surface area contributed by atoms with Gasteiger partial charge in [-0.2, -0.15) is 0 Å². The van der Waals surface area contributed by atoms with Crippen LogP contribution in [0, 0.1) is 0 Å². The normalized spacial score (nSPS) is 11.3. The van der Waals surface area contributed by atoms with E-state index in [2.05, 4.69) is 20.0 Å². The first kappa shape index (κ1) is 15.7. The van der Waals surface area contributed by atoms with Gasteiger partial charge in [0, 0.05) is 6.54 Å². The fraction of sp³-hybridized carbons (Fsp3) is 0.167. The summed E-state index contributed by atoms with van der Waals surface area (Å²) in [5, 5.41) is 3.11. The maximum atomic E-state index is 12.1. The van der Waals surface area contributed by atoms with Gasteiger partial charge in [-0.15, -0.1) is 13.2 Å². The molecule has 0 amide bonds. The zero-order chi connectivity index (χ0) is 15.5. The second-order valence-electron chi connectivity index (χ2n) is 3.88. The van der Waals surface area contributed by atoms with E-state index in [1.807, 2.05) is 0 Å². The van der Waals surface area contributed by atoms with Crippen LogP contribution in [-0.2, 0) is 6.54 Å². The third-order valence-corrected chi connectivity index (χ3v) is 2.93. The molecule has 0 aliphatic heterocycles. The van der Waals surface area contributed by atoms with Crippen LogP contribution in [0.2, 0.25) is 10.3 Å². The Kier molecular flexibility index (Phi) is 4.74. The monoisotopic (exact) mass is 337 g/mol. The fourth-order valence-electron chi connectivity index (χ4n) is 1.53. The molecule has 0 saturated carbocycles. The van der Waals surface area contributed by atoms with Crippen molar-refractivity contribution in [2.24, 2.45) is 0 Å². The molecule has 0 spiro atoms. The lowest BCUT2D eigenvalue weighted by atomic mass is 10.2. The summed E-state index contributed by atoms with van der Waals surface area (Å²) < 4.78 is 40.3. The Morgan fingerprint density at radius 3 is 2.43 bits per heavy atom. The lowest BCUT2D eigenvalue weighted by Gasteiger charge is -2.11. The van der Waals surface area contributed by atoms with Gasteiger partial charge in [-0.3, -0.25) is 0 Å². The van der Waals surface area contributed by atoms with Crippen LogP contribution < -0.4 is 10.1 Å². The molecule has 0 aliphatic carbocycles. The second kappa shape index (κ2) is 6.36. The fourth-order valence-corrected chi connectivity index (χ4v) is 1.98. The lowest BCUT2D eigenvalue weighted by Crippen LogP contribution is -2.17. The quantitative estimate of drug-likeness (QED) is 0.845. The zero-order valence-electron chi connectivity index (χ0n) is 10.3. The van der Waals surface area contributed by atoms with E-state index in [1.165, 1.54) is 24.5 Å². The lowest BCUT2D eigenvalue weighted by molar-refractivity contribution is -0.274. The molecule has 2 rings (SSSR count). The van der Waals surface area contributed by atoms with Gasteiger partial charge in [-0.05, 0) is 17.7 Å². The number of anilines is 1. The maximum absolute atomic E-state index is 12.1. The first-order chi connectivity index (χ1) is 9.85. The summed E-state index contributed by atoms with van der Waals surface area (Å²) in [6.07, 6.45) is -3.53. The highest BCUT2D eigenvalue weighted by atomic mass is 35.5. The molecule has 0 unspecified atom stereocenters. The number of nitrogens with one attached hydrogen (secondary N) is 1. The molecule has 0 radical (unpaired) electrons. The number of aromatic nitrogens is 2. The Morgan fingerprint density at radius 1 is 1.14 bits per heavy atom. The number of alkyl halides is 3. The number of benzene rings is 1. The van der Waals surface area contributed by atoms with E-state index >= 15 is 0 Å². The zero-order valence-corrected chi connectivity index (χ0v) is 11.8. The molecule has 0 saturated heterocycles. The van der Waals surface area contributed by atoms with Gasteiger partial charge in [-0.1, -0.05) is 35.3 Å². The van der Waals surface area contributed by atoms with Crippen molar-refractivity contribution in [3.63, 3.8) is 0 Å². The van der Waals surface area contributed by atoms with E-state index in [1.54, 1.807) is 6.07 Å². The van der Waals surface area contributed by atoms with Crippen LogP contribution in [0.25, 0.3) is 0 Å². The molecular formula is C12H8Cl2F3N3O. The van der Waals surface area contributed by atoms with Gasteiger partial charge >= 0.3 is 6.36 Å². The molecule has 2 aromatic rings. The smallest absolute Gasteiger partial charge is 0.406 e. The van der Waals surface area contributed by atoms with E-state index in [-0.39, 0.29) is 22.6 Å². The van der Waals surface area contributed by atoms with Gasteiger partial charge in [0.05, 0.1) is 0 Å². The molecule has 1 N–H and O–H groups in total. The van der Waals surface area contributed by atoms with Gasteiger partial charge < -0.3 is 10.1 Å². The summed E-state index contributed by atoms with van der Waals surface area (Å²) in [4.78, 5) is 7.50. The van der Waals surface area contributed by atoms with Crippen molar-refractivity contribution in [3.05, 3.63) is 46.5 Å². The van der Waals surface area contributed by atoms with Gasteiger partial charge in [0.25, 0.3) is 0 Å². The minimum absolute atomic E-state index is 0.123. The number of hydrogen-bond acceptors (Lipinski definition) is 4. The highest BCUT2D eigenvalue weighted by Crippen LogP contribution is 2.27. The van der Waals surface area contributed by atoms with Crippen molar-refractivity contribution in [2.75, 3.05) is 5.32 Å². The largest absolute Gasteiger partial charge is 0.573 e. The van der Waals surface area contributed by atoms with E-state index in [0.717, 1.165) is 0 Å². The van der Waals surface area contributed by atoms with Crippen LogP contribution in [0.1, 0.15) is 5.56 Å². The summed E-state index contributed by atoms with van der Waals surface area (Å²) in [6, 6.07) is 5.54. The summed E-state index contributed by atoms with van der Waals surface area (Å²) in [5.41, 5.74) is 0.857. The number of rotatable bonds is 4. The van der Waals surface area contributed by atoms with E-state index in [0.29, 0.717) is 11.3 Å². The van der Waals surface area contributed by atoms with Crippen LogP contribution in [0.4, 0.5) is 18.9 Å². The van der Waals surface area contributed by atoms with Crippen molar-refractivity contribution < 1.29 is 17.9 Å². The average Bonchev–Trinajstić information content (AvgIpc) is 2.36. The molecule has 1 aromatic heterocycles. The Morgan fingerprint density at radius 2 is 1.81 bits per heavy atom. The summed E-state index contributed by atoms with van der Waals surface area (Å²) in [6.45, 7) is 0.182. The van der Waals surface area contributed by atoms with Crippen LogP contribution >= 0.6 is 23.2 Å². The molecule has 1 aromatic carbocycles. The maximum Gasteiger partial charge on any atom is 0.573 e. The molecule has 0 fully saturated rings. The Labute approximate surface area is 127 Å². The molecule has 9 heteroatoms. The van der Waals surface area contributed by atoms with Crippen molar-refractivity contribution >= 4 is 28.9 Å². The Balaban J connectivity index is 2.09. The van der Waals surface area contributed by atoms with E-state index in [9.17, 15) is 13.2 Å². The Hall–Kier alpha value is -1.73. The van der Waals surface area contributed by atoms with Crippen molar-refractivity contribution in [3.8, 4) is 5.75 Å². The van der Waals surface area contributed by atoms with Gasteiger partial charge in [0.2, 0.25) is 0 Å². The third kappa shape index (κ3) is 4.64. The summed E-state index contributed by atoms with van der Waals surface area (Å²) >= 11 is 11.7. The molecule has 21 heavy (non-hydrogen) atoms. The molecule has 0 bridgehead atoms. The van der Waals surface area contributed by atoms with Crippen LogP contribution in [-0.4, -0.2) is 16.3 Å². The predicted octanol–water partition coefficient (Wildman–Crippen LogP) is 4.29. The first-order valence-electron chi connectivity index (χ1n) is 5.60. The van der Waals surface area contributed by atoms with Crippen molar-refractivity contribution in [1.82, 2.24) is 9.97 Å². The van der Waals surface area contributed by atoms with Crippen molar-refractivity contribution in [1.29, 1.82) is 0 Å². The third-order valence-electron chi connectivity index (χ3n) is 2.36. The van der Waals surface area contributed by atoms with Crippen LogP contribution in [0.5, 0.6) is 5.75 Å². The SMILES string of the molecule is FC(F)(F)Oc1cccc(CNc2c(Cl)ncnc2Cl)c1. The van der Waals surface area contributed by atoms with Gasteiger partial charge in [0.15, 0.2) is 10.3 Å². The molecule has 0 aliphatic rings. The highest BCUT2D eigenvalue weighted by Gasteiger charge is 2.31. The standard InChI is InChI=1S/C12H8Cl2F3N3O/c13-10-9(11(14)20-6-19-10)18-5-7-2-1-3-8(4-7)21-12(15,16)17/h1-4,6,18H,5H2. The van der Waals surface area contributed by atoms with Crippen LogP contribution in [0.15, 0.2) is 30.6 Å². The molecular weight excluding hydrogens is 330 g/mol. The minimum Gasteiger partial charge on any atom is -0.406 e. The second-order valence-corrected chi connectivity index (χ2v) is 4.60. The van der Waals surface area contributed by atoms with Gasteiger partial charge in [0.1, 0.15) is 17.8 Å². The number of halogens is 5. The van der Waals surface area contributed by atoms with E-state index < -0.39 is 6.36 Å². The molecule has 1 heterocycles. The summed E-state index contributed by atoms with van der Waals surface area (Å²) in [5.74, 6) is -0.302. The molecule has 4 nitrogen and oxygen atoms in total. The topological polar surface area (TPSA) is 47.0 Å². The predicted molar refractivity (Wildman–Crippen MR) is 72.5 cm³/mol. The summed E-state index contributed by atoms with van der Waals surface area (Å²) in [7, 11) is 0. The average molecular weight is 338 g/mol. The van der Waals surface area contributed by atoms with Crippen molar-refractivity contribution in [2.45, 2.75) is 12.9 Å². The highest BCUT2D eigenvalue weighted by molar-refractivity contribution is 6.37. The molecule has 112 valence electrons. The van der Waals surface area contributed by atoms with Gasteiger partial charge in [-0.25, -0.2) is 9.97 Å². The number of nitrogens with zero attached hydrogens (tertiary/aromatic N) is 2. The number of hydrogen-bond donors (Lipinski definition) is 1. The van der Waals surface area contributed by atoms with Crippen LogP contribution in [0.3, 0.4) is 0 Å². The van der Waals surface area contributed by atoms with E-state index in [4.69, 9.17) is 23.2 Å². The number of ether oxygens (including phenoxy) is 1. The Bertz CT molecular complexity index is 617. The molecule has 0 atom stereocenters.